The van der Waals surface area contributed by atoms with Crippen LogP contribution >= 0.6 is 0 Å². The molecule has 0 atom stereocenters. The van der Waals surface area contributed by atoms with Crippen LogP contribution in [0.3, 0.4) is 0 Å². The van der Waals surface area contributed by atoms with E-state index in [1.54, 1.807) is 0 Å². The topological polar surface area (TPSA) is 0 Å². The molecule has 0 heterocycles. The van der Waals surface area contributed by atoms with Gasteiger partial charge in [-0.1, -0.05) is 111 Å². The first-order valence-electron chi connectivity index (χ1n) is 12.1. The van der Waals surface area contributed by atoms with E-state index in [2.05, 4.69) is 84.9 Å². The minimum Gasteiger partial charge on any atom is -0.0622 e. The number of benzene rings is 3. The quantitative estimate of drug-likeness (QED) is 0.239. The summed E-state index contributed by atoms with van der Waals surface area (Å²) in [6.45, 7) is 0. The highest BCUT2D eigenvalue weighted by molar-refractivity contribution is 5.23. The lowest BCUT2D eigenvalue weighted by atomic mass is 9.99. The average molecular weight is 399 g/mol. The molecule has 0 spiro atoms. The Balaban J connectivity index is 1.23. The van der Waals surface area contributed by atoms with Gasteiger partial charge in [0.1, 0.15) is 0 Å². The summed E-state index contributed by atoms with van der Waals surface area (Å²) in [7, 11) is 0. The van der Waals surface area contributed by atoms with E-state index in [9.17, 15) is 0 Å². The van der Waals surface area contributed by atoms with Crippen LogP contribution in [0.5, 0.6) is 0 Å². The van der Waals surface area contributed by atoms with Crippen LogP contribution in [0.2, 0.25) is 0 Å². The molecule has 158 valence electrons. The molecule has 0 N–H and O–H groups in total. The first-order valence-corrected chi connectivity index (χ1v) is 12.1. The van der Waals surface area contributed by atoms with Gasteiger partial charge in [-0.3, -0.25) is 0 Å². The van der Waals surface area contributed by atoms with Crippen molar-refractivity contribution in [2.75, 3.05) is 0 Å². The van der Waals surface area contributed by atoms with E-state index >= 15 is 0 Å². The van der Waals surface area contributed by atoms with Gasteiger partial charge in [-0.05, 0) is 73.6 Å². The van der Waals surface area contributed by atoms with Crippen molar-refractivity contribution in [1.29, 1.82) is 0 Å². The summed E-state index contributed by atoms with van der Waals surface area (Å²) in [5.41, 5.74) is 6.01. The van der Waals surface area contributed by atoms with E-state index in [1.165, 1.54) is 99.3 Å². The zero-order valence-electron chi connectivity index (χ0n) is 18.6. The van der Waals surface area contributed by atoms with E-state index in [-0.39, 0.29) is 0 Å². The molecule has 0 fully saturated rings. The van der Waals surface area contributed by atoms with Crippen molar-refractivity contribution in [2.24, 2.45) is 0 Å². The highest BCUT2D eigenvalue weighted by Crippen LogP contribution is 2.15. The molecule has 0 nitrogen and oxygen atoms in total. The van der Waals surface area contributed by atoms with Crippen LogP contribution in [-0.4, -0.2) is 0 Å². The van der Waals surface area contributed by atoms with Crippen molar-refractivity contribution < 1.29 is 0 Å². The molecule has 0 aliphatic rings. The van der Waals surface area contributed by atoms with Crippen molar-refractivity contribution in [1.82, 2.24) is 0 Å². The molecule has 3 aromatic carbocycles. The smallest absolute Gasteiger partial charge is 0.0279 e. The molecule has 3 rings (SSSR count). The molecule has 0 bridgehead atoms. The lowest BCUT2D eigenvalue weighted by Gasteiger charge is -2.07. The van der Waals surface area contributed by atoms with Gasteiger partial charge in [0, 0.05) is 0 Å². The van der Waals surface area contributed by atoms with Crippen LogP contribution in [0.25, 0.3) is 0 Å². The molecule has 0 heteroatoms. The van der Waals surface area contributed by atoms with Crippen LogP contribution in [-0.2, 0) is 25.7 Å². The highest BCUT2D eigenvalue weighted by Gasteiger charge is 1.99. The van der Waals surface area contributed by atoms with Gasteiger partial charge in [-0.2, -0.15) is 0 Å². The maximum absolute atomic E-state index is 2.45. The molecule has 0 aliphatic heterocycles. The third kappa shape index (κ3) is 8.99. The Morgan fingerprint density at radius 2 is 0.633 bits per heavy atom. The third-order valence-corrected chi connectivity index (χ3v) is 6.04. The molecular weight excluding hydrogens is 360 g/mol. The molecular formula is C30H38. The minimum atomic E-state index is 1.22. The second kappa shape index (κ2) is 13.8. The van der Waals surface area contributed by atoms with Gasteiger partial charge < -0.3 is 0 Å². The number of hydrogen-bond acceptors (Lipinski definition) is 0. The average Bonchev–Trinajstić information content (AvgIpc) is 2.80. The minimum absolute atomic E-state index is 1.22. The summed E-state index contributed by atoms with van der Waals surface area (Å²) in [5.74, 6) is 0. The van der Waals surface area contributed by atoms with Gasteiger partial charge in [-0.15, -0.1) is 0 Å². The summed E-state index contributed by atoms with van der Waals surface area (Å²) in [5, 5.41) is 0. The van der Waals surface area contributed by atoms with Gasteiger partial charge in [0.2, 0.25) is 0 Å². The lowest BCUT2D eigenvalue weighted by molar-refractivity contribution is 0.636. The van der Waals surface area contributed by atoms with Gasteiger partial charge in [0.15, 0.2) is 0 Å². The zero-order valence-corrected chi connectivity index (χ0v) is 18.6. The molecule has 0 aliphatic carbocycles. The van der Waals surface area contributed by atoms with E-state index in [0.717, 1.165) is 0 Å². The van der Waals surface area contributed by atoms with Gasteiger partial charge in [-0.25, -0.2) is 0 Å². The zero-order chi connectivity index (χ0) is 20.7. The second-order valence-corrected chi connectivity index (χ2v) is 8.62. The molecule has 0 aromatic heterocycles. The molecule has 0 saturated carbocycles. The molecule has 0 unspecified atom stereocenters. The predicted molar refractivity (Wildman–Crippen MR) is 131 cm³/mol. The van der Waals surface area contributed by atoms with Crippen molar-refractivity contribution >= 4 is 0 Å². The number of rotatable bonds is 14. The van der Waals surface area contributed by atoms with E-state index in [4.69, 9.17) is 0 Å². The Bertz CT molecular complexity index is 737. The van der Waals surface area contributed by atoms with Gasteiger partial charge in [0.05, 0.1) is 0 Å². The van der Waals surface area contributed by atoms with Crippen molar-refractivity contribution in [3.8, 4) is 0 Å². The Morgan fingerprint density at radius 1 is 0.300 bits per heavy atom. The fourth-order valence-electron chi connectivity index (χ4n) is 4.25. The fourth-order valence-corrected chi connectivity index (χ4v) is 4.25. The van der Waals surface area contributed by atoms with Crippen LogP contribution in [0.1, 0.15) is 73.6 Å². The predicted octanol–water partition coefficient (Wildman–Crippen LogP) is 8.38. The van der Waals surface area contributed by atoms with Gasteiger partial charge in [0.25, 0.3) is 0 Å². The maximum Gasteiger partial charge on any atom is -0.0279 e. The van der Waals surface area contributed by atoms with E-state index in [1.807, 2.05) is 0 Å². The summed E-state index contributed by atoms with van der Waals surface area (Å²) >= 11 is 0. The highest BCUT2D eigenvalue weighted by atomic mass is 14.1. The summed E-state index contributed by atoms with van der Waals surface area (Å²) in [6.07, 6.45) is 15.6. The third-order valence-electron chi connectivity index (χ3n) is 6.04. The summed E-state index contributed by atoms with van der Waals surface area (Å²) < 4.78 is 0. The molecule has 30 heavy (non-hydrogen) atoms. The van der Waals surface area contributed by atoms with Gasteiger partial charge >= 0.3 is 0 Å². The Hall–Kier alpha value is -2.34. The SMILES string of the molecule is c1ccc(CCCCCCc2cccc(CCCCCCc3ccccc3)c2)cc1. The lowest BCUT2D eigenvalue weighted by Crippen LogP contribution is -1.92. The number of aryl methyl sites for hydroxylation is 4. The molecule has 0 radical (unpaired) electrons. The first-order chi connectivity index (χ1) is 14.9. The second-order valence-electron chi connectivity index (χ2n) is 8.62. The Kier molecular flexibility index (Phi) is 10.3. The van der Waals surface area contributed by atoms with Crippen LogP contribution in [0.15, 0.2) is 84.9 Å². The first kappa shape index (κ1) is 22.3. The Morgan fingerprint density at radius 3 is 1.03 bits per heavy atom. The standard InChI is InChI=1S/C30H38/c1(7-16-27-18-11-5-12-19-27)3-9-22-29-24-15-25-30(26-29)23-10-4-2-8-17-28-20-13-6-14-21-28/h5-6,11-15,18-21,24-26H,1-4,7-10,16-17,22-23H2. The summed E-state index contributed by atoms with van der Waals surface area (Å²) in [6, 6.07) is 31.1. The van der Waals surface area contributed by atoms with E-state index < -0.39 is 0 Å². The fraction of sp³-hybridized carbons (Fsp3) is 0.400. The van der Waals surface area contributed by atoms with E-state index in [0.29, 0.717) is 0 Å². The number of hydrogen-bond donors (Lipinski definition) is 0. The van der Waals surface area contributed by atoms with Crippen molar-refractivity contribution in [3.05, 3.63) is 107 Å². The van der Waals surface area contributed by atoms with Crippen molar-refractivity contribution in [2.45, 2.75) is 77.0 Å². The maximum atomic E-state index is 2.45. The largest absolute Gasteiger partial charge is 0.0622 e. The molecule has 0 amide bonds. The monoisotopic (exact) mass is 398 g/mol. The normalized spacial score (nSPS) is 10.9. The van der Waals surface area contributed by atoms with Crippen molar-refractivity contribution in [3.63, 3.8) is 0 Å². The number of unbranched alkanes of at least 4 members (excludes halogenated alkanes) is 6. The molecule has 0 saturated heterocycles. The van der Waals surface area contributed by atoms with Crippen LogP contribution < -0.4 is 0 Å². The Labute approximate surface area is 184 Å². The van der Waals surface area contributed by atoms with Crippen LogP contribution in [0, 0.1) is 0 Å². The summed E-state index contributed by atoms with van der Waals surface area (Å²) in [4.78, 5) is 0. The molecule has 3 aromatic rings. The van der Waals surface area contributed by atoms with Crippen LogP contribution in [0.4, 0.5) is 0 Å².